The number of allylic oxidation sites excluding steroid dienone is 2. The van der Waals surface area contributed by atoms with Gasteiger partial charge in [-0.25, -0.2) is 0 Å². The molecule has 0 heterocycles. The van der Waals surface area contributed by atoms with Gasteiger partial charge in [-0.1, -0.05) is 23.8 Å². The third kappa shape index (κ3) is 2.24. The Labute approximate surface area is 119 Å². The number of hydrogen-bond donors (Lipinski definition) is 0. The Balaban J connectivity index is 2.02. The molecule has 2 aliphatic rings. The molecule has 0 N–H and O–H groups in total. The van der Waals surface area contributed by atoms with Crippen molar-refractivity contribution in [2.75, 3.05) is 0 Å². The Bertz CT molecular complexity index is 610. The van der Waals surface area contributed by atoms with Crippen molar-refractivity contribution in [2.24, 2.45) is 5.92 Å². The second-order valence-electron chi connectivity index (χ2n) is 6.28. The van der Waals surface area contributed by atoms with E-state index in [9.17, 15) is 9.59 Å². The molecule has 3 rings (SSSR count). The maximum absolute atomic E-state index is 12.6. The summed E-state index contributed by atoms with van der Waals surface area (Å²) >= 11 is 0. The van der Waals surface area contributed by atoms with E-state index in [-0.39, 0.29) is 11.6 Å². The molecule has 0 radical (unpaired) electrons. The van der Waals surface area contributed by atoms with Crippen molar-refractivity contribution in [3.05, 3.63) is 46.0 Å². The third-order valence-corrected chi connectivity index (χ3v) is 4.35. The maximum Gasteiger partial charge on any atom is 0.173 e. The fraction of sp³-hybridized carbons (Fsp3) is 0.444. The number of carbonyl (C=O) groups excluding carboxylic acids is 2. The van der Waals surface area contributed by atoms with E-state index in [0.29, 0.717) is 12.3 Å². The summed E-state index contributed by atoms with van der Waals surface area (Å²) in [6.45, 7) is 6.04. The Morgan fingerprint density at radius 3 is 2.20 bits per heavy atom. The molecule has 104 valence electrons. The van der Waals surface area contributed by atoms with Crippen LogP contribution in [0.4, 0.5) is 0 Å². The van der Waals surface area contributed by atoms with E-state index < -0.39 is 5.92 Å². The molecule has 1 unspecified atom stereocenters. The van der Waals surface area contributed by atoms with Crippen molar-refractivity contribution in [1.82, 2.24) is 0 Å². The van der Waals surface area contributed by atoms with Crippen LogP contribution in [0.5, 0.6) is 0 Å². The highest BCUT2D eigenvalue weighted by Gasteiger charge is 2.40. The number of aryl methyl sites for hydroxylation is 3. The molecule has 0 aromatic heterocycles. The fourth-order valence-electron chi connectivity index (χ4n) is 3.34. The summed E-state index contributed by atoms with van der Waals surface area (Å²) < 4.78 is 0. The van der Waals surface area contributed by atoms with Crippen LogP contribution in [0, 0.1) is 26.7 Å². The predicted octanol–water partition coefficient (Wildman–Crippen LogP) is 3.57. The molecule has 2 heteroatoms. The summed E-state index contributed by atoms with van der Waals surface area (Å²) in [7, 11) is 0. The zero-order chi connectivity index (χ0) is 14.4. The number of rotatable bonds is 2. The van der Waals surface area contributed by atoms with Crippen LogP contribution in [-0.2, 0) is 9.59 Å². The number of ketones is 2. The minimum absolute atomic E-state index is 0.0388. The SMILES string of the molecule is Cc1cc(C)c(C2C(=O)C/C(=C/C3CC3)C2=O)c(C)c1. The van der Waals surface area contributed by atoms with Crippen molar-refractivity contribution >= 4 is 11.6 Å². The Kier molecular flexibility index (Phi) is 3.12. The first-order valence-corrected chi connectivity index (χ1v) is 7.32. The Morgan fingerprint density at radius 2 is 1.65 bits per heavy atom. The summed E-state index contributed by atoms with van der Waals surface area (Å²) in [5.41, 5.74) is 4.98. The lowest BCUT2D eigenvalue weighted by Crippen LogP contribution is -2.15. The number of carbonyl (C=O) groups is 2. The highest BCUT2D eigenvalue weighted by atomic mass is 16.2. The second kappa shape index (κ2) is 4.69. The molecule has 20 heavy (non-hydrogen) atoms. The molecule has 2 nitrogen and oxygen atoms in total. The average molecular weight is 268 g/mol. The molecule has 1 aromatic rings. The van der Waals surface area contributed by atoms with Gasteiger partial charge in [-0.15, -0.1) is 0 Å². The average Bonchev–Trinajstić information content (AvgIpc) is 3.11. The number of hydrogen-bond acceptors (Lipinski definition) is 2. The summed E-state index contributed by atoms with van der Waals surface area (Å²) in [5, 5.41) is 0. The van der Waals surface area contributed by atoms with Gasteiger partial charge in [0.1, 0.15) is 5.92 Å². The van der Waals surface area contributed by atoms with Gasteiger partial charge < -0.3 is 0 Å². The van der Waals surface area contributed by atoms with Crippen molar-refractivity contribution in [2.45, 2.75) is 46.0 Å². The highest BCUT2D eigenvalue weighted by Crippen LogP contribution is 2.39. The Morgan fingerprint density at radius 1 is 1.05 bits per heavy atom. The van der Waals surface area contributed by atoms with Gasteiger partial charge in [-0.2, -0.15) is 0 Å². The summed E-state index contributed by atoms with van der Waals surface area (Å²) in [5.74, 6) is 0.0928. The van der Waals surface area contributed by atoms with Crippen molar-refractivity contribution < 1.29 is 9.59 Å². The van der Waals surface area contributed by atoms with Gasteiger partial charge in [-0.05, 0) is 61.8 Å². The van der Waals surface area contributed by atoms with Gasteiger partial charge in [0.05, 0.1) is 0 Å². The molecule has 2 aliphatic carbocycles. The first kappa shape index (κ1) is 13.3. The highest BCUT2D eigenvalue weighted by molar-refractivity contribution is 6.23. The predicted molar refractivity (Wildman–Crippen MR) is 78.8 cm³/mol. The normalized spacial score (nSPS) is 24.8. The molecule has 0 bridgehead atoms. The molecule has 0 amide bonds. The molecule has 0 spiro atoms. The third-order valence-electron chi connectivity index (χ3n) is 4.35. The molecule has 2 saturated carbocycles. The van der Waals surface area contributed by atoms with E-state index >= 15 is 0 Å². The summed E-state index contributed by atoms with van der Waals surface area (Å²) in [6.07, 6.45) is 4.70. The van der Waals surface area contributed by atoms with E-state index in [1.54, 1.807) is 0 Å². The summed E-state index contributed by atoms with van der Waals surface area (Å²) in [6, 6.07) is 4.12. The molecule has 2 fully saturated rings. The molecule has 1 atom stereocenters. The van der Waals surface area contributed by atoms with E-state index in [4.69, 9.17) is 0 Å². The zero-order valence-electron chi connectivity index (χ0n) is 12.3. The van der Waals surface area contributed by atoms with Crippen LogP contribution in [0.1, 0.15) is 47.4 Å². The lowest BCUT2D eigenvalue weighted by atomic mass is 9.87. The van der Waals surface area contributed by atoms with Crippen LogP contribution in [0.2, 0.25) is 0 Å². The van der Waals surface area contributed by atoms with Crippen LogP contribution >= 0.6 is 0 Å². The van der Waals surface area contributed by atoms with E-state index in [0.717, 1.165) is 35.1 Å². The first-order chi connectivity index (χ1) is 9.47. The van der Waals surface area contributed by atoms with Crippen LogP contribution in [0.15, 0.2) is 23.8 Å². The smallest absolute Gasteiger partial charge is 0.173 e. The van der Waals surface area contributed by atoms with Gasteiger partial charge in [0.25, 0.3) is 0 Å². The molecular formula is C18H20O2. The van der Waals surface area contributed by atoms with Gasteiger partial charge >= 0.3 is 0 Å². The number of benzene rings is 1. The number of Topliss-reactive ketones (excluding diaryl/α,β-unsaturated/α-hetero) is 2. The minimum atomic E-state index is -0.555. The largest absolute Gasteiger partial charge is 0.298 e. The van der Waals surface area contributed by atoms with E-state index in [1.807, 2.05) is 26.8 Å². The monoisotopic (exact) mass is 268 g/mol. The molecular weight excluding hydrogens is 248 g/mol. The Hall–Kier alpha value is -1.70. The van der Waals surface area contributed by atoms with Gasteiger partial charge in [0.2, 0.25) is 0 Å². The minimum Gasteiger partial charge on any atom is -0.298 e. The molecule has 1 aromatic carbocycles. The second-order valence-corrected chi connectivity index (χ2v) is 6.28. The molecule has 0 aliphatic heterocycles. The fourth-order valence-corrected chi connectivity index (χ4v) is 3.34. The van der Waals surface area contributed by atoms with E-state index in [2.05, 4.69) is 12.1 Å². The standard InChI is InChI=1S/C18H20O2/c1-10-6-11(2)16(12(3)7-10)17-15(19)9-14(18(17)20)8-13-4-5-13/h6-8,13,17H,4-5,9H2,1-3H3/b14-8-. The van der Waals surface area contributed by atoms with Crippen LogP contribution in [0.25, 0.3) is 0 Å². The van der Waals surface area contributed by atoms with Crippen LogP contribution in [0.3, 0.4) is 0 Å². The zero-order valence-corrected chi connectivity index (χ0v) is 12.3. The van der Waals surface area contributed by atoms with E-state index in [1.165, 1.54) is 5.56 Å². The molecule has 0 saturated heterocycles. The summed E-state index contributed by atoms with van der Waals surface area (Å²) in [4.78, 5) is 24.9. The first-order valence-electron chi connectivity index (χ1n) is 7.32. The van der Waals surface area contributed by atoms with Gasteiger partial charge in [0.15, 0.2) is 11.6 Å². The van der Waals surface area contributed by atoms with Gasteiger partial charge in [-0.3, -0.25) is 9.59 Å². The van der Waals surface area contributed by atoms with Crippen molar-refractivity contribution in [1.29, 1.82) is 0 Å². The lowest BCUT2D eigenvalue weighted by molar-refractivity contribution is -0.123. The quantitative estimate of drug-likeness (QED) is 0.607. The topological polar surface area (TPSA) is 34.1 Å². The van der Waals surface area contributed by atoms with Crippen molar-refractivity contribution in [3.63, 3.8) is 0 Å². The van der Waals surface area contributed by atoms with Crippen LogP contribution in [-0.4, -0.2) is 11.6 Å². The van der Waals surface area contributed by atoms with Crippen LogP contribution < -0.4 is 0 Å². The maximum atomic E-state index is 12.6. The lowest BCUT2D eigenvalue weighted by Gasteiger charge is -2.15. The van der Waals surface area contributed by atoms with Gasteiger partial charge in [0, 0.05) is 6.42 Å². The van der Waals surface area contributed by atoms with Crippen molar-refractivity contribution in [3.8, 4) is 0 Å².